The number of ether oxygens (including phenoxy) is 2. The van der Waals surface area contributed by atoms with Crippen molar-refractivity contribution in [3.05, 3.63) is 54.1 Å². The van der Waals surface area contributed by atoms with Crippen LogP contribution in [0.3, 0.4) is 0 Å². The molecule has 0 aliphatic carbocycles. The van der Waals surface area contributed by atoms with E-state index >= 15 is 0 Å². The molecule has 0 aliphatic rings. The highest BCUT2D eigenvalue weighted by atomic mass is 19.4. The first-order chi connectivity index (χ1) is 11.8. The molecule has 1 atom stereocenters. The van der Waals surface area contributed by atoms with Gasteiger partial charge in [0.1, 0.15) is 17.2 Å². The molecule has 2 aromatic rings. The molecule has 0 saturated carbocycles. The molecule has 7 heteroatoms. The number of carboxylic acid groups (broad SMARTS) is 1. The summed E-state index contributed by atoms with van der Waals surface area (Å²) in [6, 6.07) is 10.5. The van der Waals surface area contributed by atoms with Crippen molar-refractivity contribution >= 4 is 5.97 Å². The van der Waals surface area contributed by atoms with Crippen LogP contribution in [-0.2, 0) is 11.0 Å². The zero-order valence-electron chi connectivity index (χ0n) is 13.4. The Labute approximate surface area is 142 Å². The Hall–Kier alpha value is -2.70. The first kappa shape index (κ1) is 18.6. The fourth-order valence-electron chi connectivity index (χ4n) is 2.09. The van der Waals surface area contributed by atoms with E-state index in [2.05, 4.69) is 0 Å². The molecule has 0 saturated heterocycles. The number of carbonyl (C=O) groups is 1. The molecule has 0 radical (unpaired) electrons. The van der Waals surface area contributed by atoms with Gasteiger partial charge in [-0.1, -0.05) is 13.3 Å². The molecule has 4 nitrogen and oxygen atoms in total. The minimum Gasteiger partial charge on any atom is -0.479 e. The number of rotatable bonds is 7. The molecule has 134 valence electrons. The van der Waals surface area contributed by atoms with Crippen LogP contribution < -0.4 is 9.47 Å². The van der Waals surface area contributed by atoms with Crippen LogP contribution in [0.15, 0.2) is 48.5 Å². The lowest BCUT2D eigenvalue weighted by molar-refractivity contribution is -0.145. The third kappa shape index (κ3) is 5.41. The van der Waals surface area contributed by atoms with Crippen LogP contribution >= 0.6 is 0 Å². The molecular weight excluding hydrogens is 337 g/mol. The molecule has 0 fully saturated rings. The monoisotopic (exact) mass is 354 g/mol. The standard InChI is InChI=1S/C18H17F3O4/c1-2-3-16(17(22)23)25-15-10-8-14(9-11-15)24-13-6-4-12(5-7-13)18(19,20)21/h4-11,16H,2-3H2,1H3,(H,22,23). The maximum absolute atomic E-state index is 12.5. The summed E-state index contributed by atoms with van der Waals surface area (Å²) >= 11 is 0. The van der Waals surface area contributed by atoms with E-state index in [-0.39, 0.29) is 5.75 Å². The molecular formula is C18H17F3O4. The molecule has 0 heterocycles. The van der Waals surface area contributed by atoms with Crippen LogP contribution in [0.1, 0.15) is 25.3 Å². The number of alkyl halides is 3. The SMILES string of the molecule is CCCC(Oc1ccc(Oc2ccc(C(F)(F)F)cc2)cc1)C(=O)O. The normalized spacial score (nSPS) is 12.5. The summed E-state index contributed by atoms with van der Waals surface area (Å²) in [4.78, 5) is 11.1. The van der Waals surface area contributed by atoms with Crippen LogP contribution in [-0.4, -0.2) is 17.2 Å². The van der Waals surface area contributed by atoms with E-state index in [1.54, 1.807) is 24.3 Å². The summed E-state index contributed by atoms with van der Waals surface area (Å²) in [5.74, 6) is -0.00177. The lowest BCUT2D eigenvalue weighted by atomic mass is 10.2. The summed E-state index contributed by atoms with van der Waals surface area (Å²) in [5, 5.41) is 9.06. The van der Waals surface area contributed by atoms with E-state index in [9.17, 15) is 18.0 Å². The van der Waals surface area contributed by atoms with E-state index in [0.717, 1.165) is 12.1 Å². The third-order valence-electron chi connectivity index (χ3n) is 3.35. The molecule has 25 heavy (non-hydrogen) atoms. The molecule has 0 bridgehead atoms. The first-order valence-corrected chi connectivity index (χ1v) is 7.64. The second-order valence-electron chi connectivity index (χ2n) is 5.33. The fourth-order valence-corrected chi connectivity index (χ4v) is 2.09. The lowest BCUT2D eigenvalue weighted by Gasteiger charge is -2.14. The predicted molar refractivity (Wildman–Crippen MR) is 84.9 cm³/mol. The minimum absolute atomic E-state index is 0.260. The highest BCUT2D eigenvalue weighted by Gasteiger charge is 2.30. The summed E-state index contributed by atoms with van der Waals surface area (Å²) in [6.45, 7) is 1.86. The summed E-state index contributed by atoms with van der Waals surface area (Å²) in [5.41, 5.74) is -0.751. The van der Waals surface area contributed by atoms with Crippen molar-refractivity contribution in [2.24, 2.45) is 0 Å². The van der Waals surface area contributed by atoms with Gasteiger partial charge in [0.05, 0.1) is 5.56 Å². The second kappa shape index (κ2) is 7.92. The quantitative estimate of drug-likeness (QED) is 0.749. The number of hydrogen-bond donors (Lipinski definition) is 1. The van der Waals surface area contributed by atoms with Gasteiger partial charge in [-0.25, -0.2) is 4.79 Å². The smallest absolute Gasteiger partial charge is 0.416 e. The van der Waals surface area contributed by atoms with Gasteiger partial charge in [-0.3, -0.25) is 0 Å². The van der Waals surface area contributed by atoms with Gasteiger partial charge in [0, 0.05) is 0 Å². The highest BCUT2D eigenvalue weighted by Crippen LogP contribution is 2.31. The minimum atomic E-state index is -4.39. The van der Waals surface area contributed by atoms with Crippen molar-refractivity contribution in [3.63, 3.8) is 0 Å². The third-order valence-corrected chi connectivity index (χ3v) is 3.35. The van der Waals surface area contributed by atoms with Crippen LogP contribution in [0.25, 0.3) is 0 Å². The van der Waals surface area contributed by atoms with Gasteiger partial charge in [0.2, 0.25) is 0 Å². The molecule has 0 amide bonds. The van der Waals surface area contributed by atoms with E-state index in [1.807, 2.05) is 6.92 Å². The molecule has 1 unspecified atom stereocenters. The van der Waals surface area contributed by atoms with Crippen LogP contribution in [0.4, 0.5) is 13.2 Å². The largest absolute Gasteiger partial charge is 0.479 e. The second-order valence-corrected chi connectivity index (χ2v) is 5.33. The van der Waals surface area contributed by atoms with Crippen molar-refractivity contribution in [1.82, 2.24) is 0 Å². The molecule has 2 rings (SSSR count). The molecule has 0 aliphatic heterocycles. The van der Waals surface area contributed by atoms with Crippen molar-refractivity contribution in [2.75, 3.05) is 0 Å². The molecule has 1 N–H and O–H groups in total. The Morgan fingerprint density at radius 2 is 1.48 bits per heavy atom. The molecule has 2 aromatic carbocycles. The van der Waals surface area contributed by atoms with Crippen LogP contribution in [0.5, 0.6) is 17.2 Å². The van der Waals surface area contributed by atoms with Gasteiger partial charge in [0.15, 0.2) is 6.10 Å². The number of aliphatic carboxylic acids is 1. The zero-order chi connectivity index (χ0) is 18.4. The number of halogens is 3. The summed E-state index contributed by atoms with van der Waals surface area (Å²) in [7, 11) is 0. The topological polar surface area (TPSA) is 55.8 Å². The van der Waals surface area contributed by atoms with Gasteiger partial charge >= 0.3 is 12.1 Å². The lowest BCUT2D eigenvalue weighted by Crippen LogP contribution is -2.26. The van der Waals surface area contributed by atoms with Crippen molar-refractivity contribution < 1.29 is 32.5 Å². The van der Waals surface area contributed by atoms with Gasteiger partial charge in [-0.15, -0.1) is 0 Å². The Morgan fingerprint density at radius 1 is 1.00 bits per heavy atom. The number of carboxylic acids is 1. The van der Waals surface area contributed by atoms with E-state index in [4.69, 9.17) is 14.6 Å². The molecule has 0 spiro atoms. The first-order valence-electron chi connectivity index (χ1n) is 7.64. The Bertz CT molecular complexity index is 694. The van der Waals surface area contributed by atoms with Gasteiger partial charge in [-0.05, 0) is 55.0 Å². The maximum atomic E-state index is 12.5. The average molecular weight is 354 g/mol. The number of benzene rings is 2. The van der Waals surface area contributed by atoms with E-state index in [0.29, 0.717) is 24.3 Å². The Morgan fingerprint density at radius 3 is 1.92 bits per heavy atom. The highest BCUT2D eigenvalue weighted by molar-refractivity contribution is 5.72. The fraction of sp³-hybridized carbons (Fsp3) is 0.278. The summed E-state index contributed by atoms with van der Waals surface area (Å²) in [6.07, 6.45) is -4.26. The van der Waals surface area contributed by atoms with Crippen LogP contribution in [0, 0.1) is 0 Å². The summed E-state index contributed by atoms with van der Waals surface area (Å²) < 4.78 is 48.4. The van der Waals surface area contributed by atoms with E-state index in [1.165, 1.54) is 12.1 Å². The zero-order valence-corrected chi connectivity index (χ0v) is 13.4. The van der Waals surface area contributed by atoms with Gasteiger partial charge < -0.3 is 14.6 Å². The Kier molecular flexibility index (Phi) is 5.90. The van der Waals surface area contributed by atoms with E-state index < -0.39 is 23.8 Å². The predicted octanol–water partition coefficient (Wildman–Crippen LogP) is 5.13. The van der Waals surface area contributed by atoms with Gasteiger partial charge in [-0.2, -0.15) is 13.2 Å². The Balaban J connectivity index is 2.01. The van der Waals surface area contributed by atoms with Crippen molar-refractivity contribution in [2.45, 2.75) is 32.0 Å². The van der Waals surface area contributed by atoms with Crippen molar-refractivity contribution in [3.8, 4) is 17.2 Å². The average Bonchev–Trinajstić information content (AvgIpc) is 2.56. The van der Waals surface area contributed by atoms with Gasteiger partial charge in [0.25, 0.3) is 0 Å². The van der Waals surface area contributed by atoms with Crippen molar-refractivity contribution in [1.29, 1.82) is 0 Å². The number of hydrogen-bond acceptors (Lipinski definition) is 3. The molecule has 0 aromatic heterocycles. The maximum Gasteiger partial charge on any atom is 0.416 e. The van der Waals surface area contributed by atoms with Crippen LogP contribution in [0.2, 0.25) is 0 Å².